The maximum atomic E-state index is 10.5. The molecule has 0 atom stereocenters. The Labute approximate surface area is 86.5 Å². The third kappa shape index (κ3) is 1.93. The molecule has 4 nitrogen and oxygen atoms in total. The molecule has 78 valence electrons. The van der Waals surface area contributed by atoms with Crippen LogP contribution >= 0.6 is 0 Å². The number of aromatic nitrogens is 1. The first-order valence-electron chi connectivity index (χ1n) is 4.56. The third-order valence-electron chi connectivity index (χ3n) is 2.23. The van der Waals surface area contributed by atoms with Gasteiger partial charge in [-0.2, -0.15) is 0 Å². The average molecular weight is 205 g/mol. The van der Waals surface area contributed by atoms with Crippen LogP contribution in [0.15, 0.2) is 24.3 Å². The minimum atomic E-state index is -0.839. The molecule has 0 fully saturated rings. The van der Waals surface area contributed by atoms with Crippen molar-refractivity contribution in [3.8, 4) is 5.75 Å². The zero-order chi connectivity index (χ0) is 10.8. The molecular weight excluding hydrogens is 194 g/mol. The predicted octanol–water partition coefficient (Wildman–Crippen LogP) is 1.80. The van der Waals surface area contributed by atoms with Crippen molar-refractivity contribution >= 4 is 16.9 Å². The quantitative estimate of drug-likeness (QED) is 0.803. The Morgan fingerprint density at radius 1 is 1.47 bits per heavy atom. The minimum absolute atomic E-state index is 0.0109. The third-order valence-corrected chi connectivity index (χ3v) is 2.23. The van der Waals surface area contributed by atoms with Gasteiger partial charge in [0.25, 0.3) is 0 Å². The molecule has 0 radical (unpaired) electrons. The number of H-pyrrole nitrogens is 1. The summed E-state index contributed by atoms with van der Waals surface area (Å²) in [6.45, 7) is 0. The average Bonchev–Trinajstić information content (AvgIpc) is 2.57. The summed E-state index contributed by atoms with van der Waals surface area (Å²) in [4.78, 5) is 13.6. The SMILES string of the molecule is COc1ccc2[nH]c(CC(=O)O)cc2c1. The number of fused-ring (bicyclic) bond motifs is 1. The van der Waals surface area contributed by atoms with Crippen LogP contribution in [-0.2, 0) is 11.2 Å². The first-order chi connectivity index (χ1) is 7.19. The lowest BCUT2D eigenvalue weighted by Crippen LogP contribution is -1.99. The van der Waals surface area contributed by atoms with Crippen LogP contribution in [0.5, 0.6) is 5.75 Å². The molecule has 0 bridgehead atoms. The van der Waals surface area contributed by atoms with Crippen LogP contribution in [0, 0.1) is 0 Å². The van der Waals surface area contributed by atoms with Gasteiger partial charge in [0.1, 0.15) is 5.75 Å². The van der Waals surface area contributed by atoms with Crippen molar-refractivity contribution in [3.05, 3.63) is 30.0 Å². The van der Waals surface area contributed by atoms with Crippen molar-refractivity contribution in [2.45, 2.75) is 6.42 Å². The molecule has 0 amide bonds. The van der Waals surface area contributed by atoms with E-state index in [4.69, 9.17) is 9.84 Å². The number of rotatable bonds is 3. The first-order valence-corrected chi connectivity index (χ1v) is 4.56. The van der Waals surface area contributed by atoms with Gasteiger partial charge >= 0.3 is 5.97 Å². The van der Waals surface area contributed by atoms with Crippen molar-refractivity contribution in [2.24, 2.45) is 0 Å². The summed E-state index contributed by atoms with van der Waals surface area (Å²) in [7, 11) is 1.60. The van der Waals surface area contributed by atoms with Gasteiger partial charge in [-0.3, -0.25) is 4.79 Å². The Morgan fingerprint density at radius 3 is 2.93 bits per heavy atom. The normalized spacial score (nSPS) is 10.5. The van der Waals surface area contributed by atoms with E-state index in [1.165, 1.54) is 0 Å². The van der Waals surface area contributed by atoms with Crippen LogP contribution in [0.2, 0.25) is 0 Å². The number of methoxy groups -OCH3 is 1. The maximum Gasteiger partial charge on any atom is 0.309 e. The Hall–Kier alpha value is -1.97. The largest absolute Gasteiger partial charge is 0.497 e. The minimum Gasteiger partial charge on any atom is -0.497 e. The summed E-state index contributed by atoms with van der Waals surface area (Å²) in [6, 6.07) is 7.41. The molecule has 0 aliphatic heterocycles. The molecule has 0 aliphatic rings. The second-order valence-corrected chi connectivity index (χ2v) is 3.32. The van der Waals surface area contributed by atoms with Crippen LogP contribution in [0.25, 0.3) is 10.9 Å². The van der Waals surface area contributed by atoms with Gasteiger partial charge in [-0.1, -0.05) is 0 Å². The van der Waals surface area contributed by atoms with E-state index in [9.17, 15) is 4.79 Å². The highest BCUT2D eigenvalue weighted by atomic mass is 16.5. The van der Waals surface area contributed by atoms with Crippen LogP contribution in [0.3, 0.4) is 0 Å². The Morgan fingerprint density at radius 2 is 2.27 bits per heavy atom. The van der Waals surface area contributed by atoms with E-state index in [2.05, 4.69) is 4.98 Å². The van der Waals surface area contributed by atoms with Crippen LogP contribution in [-0.4, -0.2) is 23.2 Å². The van der Waals surface area contributed by atoms with Gasteiger partial charge in [0.05, 0.1) is 13.5 Å². The monoisotopic (exact) mass is 205 g/mol. The van der Waals surface area contributed by atoms with E-state index in [0.29, 0.717) is 5.69 Å². The summed E-state index contributed by atoms with van der Waals surface area (Å²) in [5.74, 6) is -0.0723. The smallest absolute Gasteiger partial charge is 0.309 e. The van der Waals surface area contributed by atoms with Gasteiger partial charge in [0, 0.05) is 16.6 Å². The van der Waals surface area contributed by atoms with Crippen LogP contribution in [0.1, 0.15) is 5.69 Å². The van der Waals surface area contributed by atoms with Crippen molar-refractivity contribution in [3.63, 3.8) is 0 Å². The Kier molecular flexibility index (Phi) is 2.33. The molecule has 0 saturated carbocycles. The Bertz CT molecular complexity index is 502. The molecular formula is C11H11NO3. The van der Waals surface area contributed by atoms with Crippen molar-refractivity contribution in [1.82, 2.24) is 4.98 Å². The lowest BCUT2D eigenvalue weighted by atomic mass is 10.2. The van der Waals surface area contributed by atoms with E-state index in [0.717, 1.165) is 16.7 Å². The number of benzene rings is 1. The Balaban J connectivity index is 2.42. The lowest BCUT2D eigenvalue weighted by molar-refractivity contribution is -0.136. The zero-order valence-electron chi connectivity index (χ0n) is 8.28. The number of carbonyl (C=O) groups is 1. The van der Waals surface area contributed by atoms with E-state index in [1.807, 2.05) is 24.3 Å². The van der Waals surface area contributed by atoms with E-state index >= 15 is 0 Å². The van der Waals surface area contributed by atoms with Gasteiger partial charge < -0.3 is 14.8 Å². The second kappa shape index (κ2) is 3.65. The maximum absolute atomic E-state index is 10.5. The fraction of sp³-hybridized carbons (Fsp3) is 0.182. The molecule has 1 aromatic carbocycles. The molecule has 0 spiro atoms. The highest BCUT2D eigenvalue weighted by Crippen LogP contribution is 2.21. The van der Waals surface area contributed by atoms with Gasteiger partial charge in [-0.25, -0.2) is 0 Å². The van der Waals surface area contributed by atoms with Gasteiger partial charge in [-0.15, -0.1) is 0 Å². The predicted molar refractivity (Wildman–Crippen MR) is 56.2 cm³/mol. The number of hydrogen-bond donors (Lipinski definition) is 2. The molecule has 2 N–H and O–H groups in total. The number of nitrogens with one attached hydrogen (secondary N) is 1. The van der Waals surface area contributed by atoms with Crippen molar-refractivity contribution < 1.29 is 14.6 Å². The van der Waals surface area contributed by atoms with Crippen LogP contribution < -0.4 is 4.74 Å². The molecule has 1 aromatic heterocycles. The molecule has 2 aromatic rings. The first kappa shape index (κ1) is 9.58. The molecule has 1 heterocycles. The summed E-state index contributed by atoms with van der Waals surface area (Å²) in [5, 5.41) is 9.61. The van der Waals surface area contributed by atoms with Gasteiger partial charge in [0.2, 0.25) is 0 Å². The number of aliphatic carboxylic acids is 1. The van der Waals surface area contributed by atoms with E-state index in [-0.39, 0.29) is 6.42 Å². The molecule has 0 unspecified atom stereocenters. The summed E-state index contributed by atoms with van der Waals surface area (Å²) in [5.41, 5.74) is 1.62. The standard InChI is InChI=1S/C11H11NO3/c1-15-9-2-3-10-7(5-9)4-8(12-10)6-11(13)14/h2-5,12H,6H2,1H3,(H,13,14). The number of hydrogen-bond acceptors (Lipinski definition) is 2. The summed E-state index contributed by atoms with van der Waals surface area (Å²) in [6.07, 6.45) is 0.0109. The topological polar surface area (TPSA) is 62.3 Å². The fourth-order valence-electron chi connectivity index (χ4n) is 1.56. The van der Waals surface area contributed by atoms with Crippen molar-refractivity contribution in [1.29, 1.82) is 0 Å². The highest BCUT2D eigenvalue weighted by molar-refractivity contribution is 5.83. The molecule has 0 aliphatic carbocycles. The molecule has 2 rings (SSSR count). The van der Waals surface area contributed by atoms with Gasteiger partial charge in [0.15, 0.2) is 0 Å². The number of aromatic amines is 1. The highest BCUT2D eigenvalue weighted by Gasteiger charge is 2.05. The number of carboxylic acid groups (broad SMARTS) is 1. The van der Waals surface area contributed by atoms with Gasteiger partial charge in [-0.05, 0) is 24.3 Å². The molecule has 0 saturated heterocycles. The summed E-state index contributed by atoms with van der Waals surface area (Å²) >= 11 is 0. The number of ether oxygens (including phenoxy) is 1. The molecule has 4 heteroatoms. The molecule has 15 heavy (non-hydrogen) atoms. The second-order valence-electron chi connectivity index (χ2n) is 3.32. The van der Waals surface area contributed by atoms with Crippen molar-refractivity contribution in [2.75, 3.05) is 7.11 Å². The lowest BCUT2D eigenvalue weighted by Gasteiger charge is -1.97. The van der Waals surface area contributed by atoms with Crippen LogP contribution in [0.4, 0.5) is 0 Å². The summed E-state index contributed by atoms with van der Waals surface area (Å²) < 4.78 is 5.08. The zero-order valence-corrected chi connectivity index (χ0v) is 8.28. The number of carboxylic acids is 1. The van der Waals surface area contributed by atoms with E-state index in [1.54, 1.807) is 7.11 Å². The fourth-order valence-corrected chi connectivity index (χ4v) is 1.56. The van der Waals surface area contributed by atoms with E-state index < -0.39 is 5.97 Å².